The number of carbonyl (C=O) groups excluding carboxylic acids is 1. The number of imidazole rings is 1. The minimum Gasteiger partial charge on any atom is -0.376 e. The summed E-state index contributed by atoms with van der Waals surface area (Å²) in [6.07, 6.45) is 4.54. The lowest BCUT2D eigenvalue weighted by Crippen LogP contribution is -2.29. The SMILES string of the molecule is CN(CCC#N)C(=O)CSc1ncc(-c2ccccc2)n1CC1CCCO1. The lowest BCUT2D eigenvalue weighted by molar-refractivity contribution is -0.127. The molecule has 0 bridgehead atoms. The summed E-state index contributed by atoms with van der Waals surface area (Å²) in [5, 5.41) is 9.49. The first-order valence-electron chi connectivity index (χ1n) is 9.15. The molecule has 6 nitrogen and oxygen atoms in total. The van der Waals surface area contributed by atoms with Crippen LogP contribution >= 0.6 is 11.8 Å². The van der Waals surface area contributed by atoms with Gasteiger partial charge in [-0.2, -0.15) is 5.26 Å². The Morgan fingerprint density at radius 2 is 2.26 bits per heavy atom. The zero-order valence-electron chi connectivity index (χ0n) is 15.5. The number of hydrogen-bond acceptors (Lipinski definition) is 5. The van der Waals surface area contributed by atoms with E-state index in [-0.39, 0.29) is 12.0 Å². The van der Waals surface area contributed by atoms with Crippen molar-refractivity contribution in [2.75, 3.05) is 26.0 Å². The Kier molecular flexibility index (Phi) is 6.91. The zero-order valence-corrected chi connectivity index (χ0v) is 16.3. The fourth-order valence-electron chi connectivity index (χ4n) is 3.06. The second kappa shape index (κ2) is 9.58. The maximum atomic E-state index is 12.3. The molecule has 1 amide bonds. The van der Waals surface area contributed by atoms with Crippen LogP contribution in [-0.4, -0.2) is 52.4 Å². The Hall–Kier alpha value is -2.30. The van der Waals surface area contributed by atoms with Gasteiger partial charge in [-0.3, -0.25) is 4.79 Å². The number of nitrogens with zero attached hydrogens (tertiary/aromatic N) is 4. The van der Waals surface area contributed by atoms with E-state index in [4.69, 9.17) is 10.00 Å². The van der Waals surface area contributed by atoms with E-state index in [1.807, 2.05) is 24.4 Å². The van der Waals surface area contributed by atoms with E-state index in [0.29, 0.717) is 18.7 Å². The van der Waals surface area contributed by atoms with E-state index in [2.05, 4.69) is 27.8 Å². The van der Waals surface area contributed by atoms with Crippen molar-refractivity contribution in [1.29, 1.82) is 5.26 Å². The van der Waals surface area contributed by atoms with Crippen LogP contribution in [0.25, 0.3) is 11.3 Å². The molecule has 1 aromatic carbocycles. The van der Waals surface area contributed by atoms with Crippen LogP contribution in [-0.2, 0) is 16.1 Å². The van der Waals surface area contributed by atoms with Gasteiger partial charge in [0.1, 0.15) is 0 Å². The van der Waals surface area contributed by atoms with Gasteiger partial charge in [0.05, 0.1) is 42.8 Å². The second-order valence-electron chi connectivity index (χ2n) is 6.55. The van der Waals surface area contributed by atoms with Gasteiger partial charge < -0.3 is 14.2 Å². The Morgan fingerprint density at radius 1 is 1.44 bits per heavy atom. The predicted molar refractivity (Wildman–Crippen MR) is 105 cm³/mol. The molecule has 0 spiro atoms. The minimum atomic E-state index is 0.00294. The molecule has 1 fully saturated rings. The fraction of sp³-hybridized carbons (Fsp3) is 0.450. The molecule has 1 aliphatic heterocycles. The summed E-state index contributed by atoms with van der Waals surface area (Å²) >= 11 is 1.44. The molecular weight excluding hydrogens is 360 g/mol. The molecular formula is C20H24N4O2S. The largest absolute Gasteiger partial charge is 0.376 e. The topological polar surface area (TPSA) is 71.2 Å². The summed E-state index contributed by atoms with van der Waals surface area (Å²) in [4.78, 5) is 18.5. The molecule has 142 valence electrons. The van der Waals surface area contributed by atoms with E-state index in [1.54, 1.807) is 11.9 Å². The summed E-state index contributed by atoms with van der Waals surface area (Å²) in [7, 11) is 1.73. The minimum absolute atomic E-state index is 0.00294. The number of aromatic nitrogens is 2. The first-order valence-corrected chi connectivity index (χ1v) is 10.1. The van der Waals surface area contributed by atoms with Gasteiger partial charge in [-0.05, 0) is 18.4 Å². The molecule has 3 rings (SSSR count). The number of carbonyl (C=O) groups is 1. The molecule has 2 aromatic rings. The van der Waals surface area contributed by atoms with Crippen LogP contribution in [0.1, 0.15) is 19.3 Å². The van der Waals surface area contributed by atoms with Crippen LogP contribution < -0.4 is 0 Å². The van der Waals surface area contributed by atoms with Gasteiger partial charge in [0.2, 0.25) is 5.91 Å². The Bertz CT molecular complexity index is 794. The number of hydrogen-bond donors (Lipinski definition) is 0. The normalized spacial score (nSPS) is 16.2. The highest BCUT2D eigenvalue weighted by molar-refractivity contribution is 7.99. The van der Waals surface area contributed by atoms with Crippen molar-refractivity contribution in [3.63, 3.8) is 0 Å². The van der Waals surface area contributed by atoms with Gasteiger partial charge in [0.25, 0.3) is 0 Å². The lowest BCUT2D eigenvalue weighted by Gasteiger charge is -2.17. The van der Waals surface area contributed by atoms with Gasteiger partial charge >= 0.3 is 0 Å². The highest BCUT2D eigenvalue weighted by Gasteiger charge is 2.21. The maximum absolute atomic E-state index is 12.3. The molecule has 1 aliphatic rings. The third kappa shape index (κ3) is 5.12. The summed E-state index contributed by atoms with van der Waals surface area (Å²) < 4.78 is 7.98. The molecule has 0 aliphatic carbocycles. The van der Waals surface area contributed by atoms with Crippen LogP contribution in [0.4, 0.5) is 0 Å². The second-order valence-corrected chi connectivity index (χ2v) is 7.49. The van der Waals surface area contributed by atoms with Gasteiger partial charge in [0, 0.05) is 20.2 Å². The van der Waals surface area contributed by atoms with E-state index in [1.165, 1.54) is 11.8 Å². The number of thioether (sulfide) groups is 1. The molecule has 0 saturated carbocycles. The first-order chi connectivity index (χ1) is 13.2. The fourth-order valence-corrected chi connectivity index (χ4v) is 3.99. The number of ether oxygens (including phenoxy) is 1. The van der Waals surface area contributed by atoms with E-state index in [9.17, 15) is 4.79 Å². The van der Waals surface area contributed by atoms with Crippen molar-refractivity contribution >= 4 is 17.7 Å². The smallest absolute Gasteiger partial charge is 0.232 e. The molecule has 1 aromatic heterocycles. The van der Waals surface area contributed by atoms with Gasteiger partial charge in [0.15, 0.2) is 5.16 Å². The highest BCUT2D eigenvalue weighted by atomic mass is 32.2. The number of rotatable bonds is 8. The van der Waals surface area contributed by atoms with Crippen molar-refractivity contribution in [3.05, 3.63) is 36.5 Å². The standard InChI is InChI=1S/C20H24N4O2S/c1-23(11-6-10-21)19(25)15-27-20-22-13-18(16-7-3-2-4-8-16)24(20)14-17-9-5-12-26-17/h2-4,7-8,13,17H,5-6,9,11-12,14-15H2,1H3. The number of benzene rings is 1. The summed E-state index contributed by atoms with van der Waals surface area (Å²) in [6.45, 7) is 2.01. The average Bonchev–Trinajstić information content (AvgIpc) is 3.35. The zero-order chi connectivity index (χ0) is 19.1. The molecule has 1 atom stereocenters. The van der Waals surface area contributed by atoms with E-state index < -0.39 is 0 Å². The van der Waals surface area contributed by atoms with Crippen LogP contribution in [0.3, 0.4) is 0 Å². The number of nitriles is 1. The van der Waals surface area contributed by atoms with Gasteiger partial charge in [-0.25, -0.2) is 4.98 Å². The molecule has 2 heterocycles. The highest BCUT2D eigenvalue weighted by Crippen LogP contribution is 2.28. The van der Waals surface area contributed by atoms with Crippen LogP contribution in [0.5, 0.6) is 0 Å². The Labute approximate surface area is 164 Å². The van der Waals surface area contributed by atoms with Crippen LogP contribution in [0.15, 0.2) is 41.7 Å². The molecule has 1 unspecified atom stereocenters. The van der Waals surface area contributed by atoms with Crippen molar-refractivity contribution in [3.8, 4) is 17.3 Å². The predicted octanol–water partition coefficient (Wildman–Crippen LogP) is 3.19. The van der Waals surface area contributed by atoms with Crippen molar-refractivity contribution < 1.29 is 9.53 Å². The van der Waals surface area contributed by atoms with Gasteiger partial charge in [-0.1, -0.05) is 42.1 Å². The summed E-state index contributed by atoms with van der Waals surface area (Å²) in [5.41, 5.74) is 2.14. The van der Waals surface area contributed by atoms with Crippen molar-refractivity contribution in [1.82, 2.24) is 14.5 Å². The van der Waals surface area contributed by atoms with Crippen LogP contribution in [0, 0.1) is 11.3 Å². The maximum Gasteiger partial charge on any atom is 0.232 e. The first kappa shape index (κ1) is 19.5. The quantitative estimate of drug-likeness (QED) is 0.654. The molecule has 1 saturated heterocycles. The van der Waals surface area contributed by atoms with Crippen LogP contribution in [0.2, 0.25) is 0 Å². The average molecular weight is 385 g/mol. The lowest BCUT2D eigenvalue weighted by atomic mass is 10.1. The summed E-state index contributed by atoms with van der Waals surface area (Å²) in [5.74, 6) is 0.307. The molecule has 7 heteroatoms. The van der Waals surface area contributed by atoms with Gasteiger partial charge in [-0.15, -0.1) is 0 Å². The Balaban J connectivity index is 1.75. The molecule has 27 heavy (non-hydrogen) atoms. The van der Waals surface area contributed by atoms with Crippen molar-refractivity contribution in [2.24, 2.45) is 0 Å². The van der Waals surface area contributed by atoms with Crippen molar-refractivity contribution in [2.45, 2.75) is 37.1 Å². The summed E-state index contributed by atoms with van der Waals surface area (Å²) in [6, 6.07) is 12.2. The molecule has 0 radical (unpaired) electrons. The van der Waals surface area contributed by atoms with E-state index in [0.717, 1.165) is 42.4 Å². The molecule has 0 N–H and O–H groups in total. The van der Waals surface area contributed by atoms with E-state index >= 15 is 0 Å². The third-order valence-electron chi connectivity index (χ3n) is 4.61. The Morgan fingerprint density at radius 3 is 2.96 bits per heavy atom. The number of amides is 1. The third-order valence-corrected chi connectivity index (χ3v) is 5.58. The monoisotopic (exact) mass is 384 g/mol.